The van der Waals surface area contributed by atoms with E-state index < -0.39 is 0 Å². The topological polar surface area (TPSA) is 47.7 Å². The van der Waals surface area contributed by atoms with Crippen LogP contribution in [0.2, 0.25) is 0 Å². The summed E-state index contributed by atoms with van der Waals surface area (Å²) in [5.74, 6) is 0. The minimum absolute atomic E-state index is 0. The molecule has 0 saturated heterocycles. The van der Waals surface area contributed by atoms with E-state index in [-0.39, 0.29) is 37.7 Å². The standard InChI is InChI=1S/CH2N2.Ca.2H/c2-1-3;;;/h2-3H;;;. The van der Waals surface area contributed by atoms with E-state index in [4.69, 9.17) is 10.8 Å². The molecule has 2 nitrogen and oxygen atoms in total. The molecule has 0 unspecified atom stereocenters. The third-order valence-electron chi connectivity index (χ3n) is 0. The summed E-state index contributed by atoms with van der Waals surface area (Å²) in [7, 11) is 0. The summed E-state index contributed by atoms with van der Waals surface area (Å²) in [6, 6.07) is 1.25. The van der Waals surface area contributed by atoms with E-state index in [1.54, 1.807) is 0 Å². The molecule has 0 radical (unpaired) electrons. The van der Waals surface area contributed by atoms with Gasteiger partial charge in [0, 0.05) is 0 Å². The van der Waals surface area contributed by atoms with E-state index in [2.05, 4.69) is 0 Å². The minimum atomic E-state index is 0. The van der Waals surface area contributed by atoms with Crippen LogP contribution in [0.1, 0.15) is 0 Å². The van der Waals surface area contributed by atoms with Crippen molar-refractivity contribution in [2.24, 2.45) is 0 Å². The Kier molecular flexibility index (Phi) is 20.8. The van der Waals surface area contributed by atoms with Crippen molar-refractivity contribution in [2.45, 2.75) is 0 Å². The van der Waals surface area contributed by atoms with Gasteiger partial charge in [-0.25, -0.2) is 10.8 Å². The van der Waals surface area contributed by atoms with Crippen molar-refractivity contribution in [1.82, 2.24) is 0 Å². The molecule has 0 aliphatic rings. The van der Waals surface area contributed by atoms with Crippen LogP contribution in [0.5, 0.6) is 0 Å². The van der Waals surface area contributed by atoms with E-state index >= 15 is 0 Å². The van der Waals surface area contributed by atoms with Crippen LogP contribution in [-0.2, 0) is 0 Å². The summed E-state index contributed by atoms with van der Waals surface area (Å²) in [5.41, 5.74) is 0. The first-order chi connectivity index (χ1) is 1.41. The number of rotatable bonds is 0. The van der Waals surface area contributed by atoms with Crippen molar-refractivity contribution in [3.8, 4) is 0 Å². The molecule has 0 heterocycles. The van der Waals surface area contributed by atoms with Crippen molar-refractivity contribution in [3.63, 3.8) is 0 Å². The summed E-state index contributed by atoms with van der Waals surface area (Å²) in [6.45, 7) is 0. The fourth-order valence-corrected chi connectivity index (χ4v) is 0. The fraction of sp³-hybridized carbons (Fsp3) is 0. The number of hydrogen-bond acceptors (Lipinski definition) is 2. The maximum atomic E-state index is 5.62. The van der Waals surface area contributed by atoms with Crippen LogP contribution in [0, 0.1) is 10.8 Å². The monoisotopic (exact) mass is 84.0 g/mol. The van der Waals surface area contributed by atoms with E-state index in [9.17, 15) is 0 Å². The molecule has 3 heteroatoms. The molecular weight excluding hydrogens is 80.1 g/mol. The molecule has 0 amide bonds. The summed E-state index contributed by atoms with van der Waals surface area (Å²) in [6.07, 6.45) is 0. The van der Waals surface area contributed by atoms with Crippen LogP contribution in [0.15, 0.2) is 0 Å². The van der Waals surface area contributed by atoms with E-state index in [1.807, 2.05) is 0 Å². The average molecular weight is 84.1 g/mol. The van der Waals surface area contributed by atoms with Gasteiger partial charge in [0.25, 0.3) is 0 Å². The second kappa shape index (κ2) is 9.43. The zero-order chi connectivity index (χ0) is 2.71. The Hall–Kier alpha value is 0.640. The number of nitrogens with one attached hydrogen (secondary N) is 2. The summed E-state index contributed by atoms with van der Waals surface area (Å²) in [4.78, 5) is 0. The van der Waals surface area contributed by atoms with Crippen LogP contribution < -0.4 is 0 Å². The molecule has 0 bridgehead atoms. The zero-order valence-corrected chi connectivity index (χ0v) is 1.50. The Labute approximate surface area is 54.2 Å². The van der Waals surface area contributed by atoms with Gasteiger partial charge in [-0.2, -0.15) is 0 Å². The first kappa shape index (κ1) is 8.82. The van der Waals surface area contributed by atoms with Crippen LogP contribution >= 0.6 is 0 Å². The Balaban J connectivity index is 0. The van der Waals surface area contributed by atoms with Crippen molar-refractivity contribution < 1.29 is 0 Å². The summed E-state index contributed by atoms with van der Waals surface area (Å²) < 4.78 is 0. The van der Waals surface area contributed by atoms with Crippen LogP contribution in [-0.4, -0.2) is 43.7 Å². The van der Waals surface area contributed by atoms with Gasteiger partial charge in [-0.05, 0) is 0 Å². The second-order valence-electron chi connectivity index (χ2n) is 0.125. The van der Waals surface area contributed by atoms with E-state index in [0.29, 0.717) is 0 Å². The molecule has 0 spiro atoms. The van der Waals surface area contributed by atoms with Gasteiger partial charge in [0.05, 0.1) is 6.01 Å². The third-order valence-corrected chi connectivity index (χ3v) is 0. The Bertz CT molecular complexity index is 27.0. The molecule has 0 rings (SSSR count). The van der Waals surface area contributed by atoms with Crippen LogP contribution in [0.3, 0.4) is 0 Å². The van der Waals surface area contributed by atoms with Crippen molar-refractivity contribution >= 4 is 43.7 Å². The molecule has 4 heavy (non-hydrogen) atoms. The maximum absolute atomic E-state index is 5.62. The zero-order valence-electron chi connectivity index (χ0n) is 1.50. The summed E-state index contributed by atoms with van der Waals surface area (Å²) >= 11 is 0. The Morgan fingerprint density at radius 3 is 1.25 bits per heavy atom. The first-order valence-electron chi connectivity index (χ1n) is 0.500. The molecule has 0 aromatic rings. The Morgan fingerprint density at radius 1 is 1.25 bits per heavy atom. The predicted octanol–water partition coefficient (Wildman–Crippen LogP) is -0.598. The predicted molar refractivity (Wildman–Crippen MR) is 19.0 cm³/mol. The van der Waals surface area contributed by atoms with Gasteiger partial charge in [0.1, 0.15) is 0 Å². The molecule has 0 saturated carbocycles. The van der Waals surface area contributed by atoms with Gasteiger partial charge in [-0.3, -0.25) is 0 Å². The van der Waals surface area contributed by atoms with Gasteiger partial charge in [-0.15, -0.1) is 0 Å². The molecule has 0 aliphatic heterocycles. The first-order valence-corrected chi connectivity index (χ1v) is 0.500. The average Bonchev–Trinajstić information content (AvgIpc) is 0.918. The van der Waals surface area contributed by atoms with Gasteiger partial charge in [0.2, 0.25) is 0 Å². The SMILES string of the molecule is N=C=N.[CaH2]. The quantitative estimate of drug-likeness (QED) is 0.291. The normalized spacial score (nSPS) is 2.00. The molecule has 20 valence electrons. The molecule has 0 fully saturated rings. The molecule has 0 aromatic carbocycles. The Morgan fingerprint density at radius 2 is 1.25 bits per heavy atom. The third kappa shape index (κ3) is 17.3. The van der Waals surface area contributed by atoms with E-state index in [1.165, 1.54) is 6.01 Å². The van der Waals surface area contributed by atoms with Gasteiger partial charge < -0.3 is 0 Å². The second-order valence-corrected chi connectivity index (χ2v) is 0.125. The van der Waals surface area contributed by atoms with Crippen molar-refractivity contribution in [2.75, 3.05) is 0 Å². The number of hydrogen-bond donors (Lipinski definition) is 2. The fourth-order valence-electron chi connectivity index (χ4n) is 0. The molecule has 0 aliphatic carbocycles. The van der Waals surface area contributed by atoms with Crippen molar-refractivity contribution in [3.05, 3.63) is 0 Å². The van der Waals surface area contributed by atoms with Crippen LogP contribution in [0.25, 0.3) is 0 Å². The molecule has 2 N–H and O–H groups in total. The molecule has 0 atom stereocenters. The molecular formula is CH4CaN2. The molecule has 0 aromatic heterocycles. The van der Waals surface area contributed by atoms with Crippen molar-refractivity contribution in [1.29, 1.82) is 10.8 Å². The van der Waals surface area contributed by atoms with E-state index in [0.717, 1.165) is 0 Å². The van der Waals surface area contributed by atoms with Crippen LogP contribution in [0.4, 0.5) is 0 Å². The van der Waals surface area contributed by atoms with Gasteiger partial charge in [-0.1, -0.05) is 0 Å². The van der Waals surface area contributed by atoms with Gasteiger partial charge in [0.15, 0.2) is 0 Å². The summed E-state index contributed by atoms with van der Waals surface area (Å²) in [5, 5.41) is 11.2. The van der Waals surface area contributed by atoms with Gasteiger partial charge >= 0.3 is 37.7 Å².